The van der Waals surface area contributed by atoms with Crippen molar-refractivity contribution in [3.8, 4) is 0 Å². The summed E-state index contributed by atoms with van der Waals surface area (Å²) in [5.74, 6) is -0.996. The van der Waals surface area contributed by atoms with Crippen molar-refractivity contribution in [1.82, 2.24) is 9.62 Å². The monoisotopic (exact) mass is 436 g/mol. The van der Waals surface area contributed by atoms with Crippen molar-refractivity contribution in [2.45, 2.75) is 75.6 Å². The van der Waals surface area contributed by atoms with E-state index in [-0.39, 0.29) is 29.0 Å². The van der Waals surface area contributed by atoms with E-state index in [0.717, 1.165) is 44.9 Å². The maximum Gasteiger partial charge on any atom is 0.338 e. The van der Waals surface area contributed by atoms with Crippen LogP contribution in [0, 0.1) is 6.92 Å². The van der Waals surface area contributed by atoms with Gasteiger partial charge in [0, 0.05) is 19.1 Å². The molecule has 0 aromatic heterocycles. The van der Waals surface area contributed by atoms with E-state index >= 15 is 0 Å². The molecule has 1 saturated carbocycles. The second-order valence-corrected chi connectivity index (χ2v) is 10.2. The minimum absolute atomic E-state index is 0.0878. The van der Waals surface area contributed by atoms with Gasteiger partial charge >= 0.3 is 5.97 Å². The van der Waals surface area contributed by atoms with E-state index in [9.17, 15) is 18.0 Å². The van der Waals surface area contributed by atoms with Crippen LogP contribution in [-0.2, 0) is 19.6 Å². The molecule has 166 valence electrons. The van der Waals surface area contributed by atoms with Gasteiger partial charge in [-0.1, -0.05) is 38.2 Å². The van der Waals surface area contributed by atoms with Crippen molar-refractivity contribution in [2.75, 3.05) is 19.7 Å². The Morgan fingerprint density at radius 3 is 2.33 bits per heavy atom. The number of piperidine rings is 1. The molecule has 1 amide bonds. The van der Waals surface area contributed by atoms with Gasteiger partial charge < -0.3 is 10.1 Å². The summed E-state index contributed by atoms with van der Waals surface area (Å²) >= 11 is 0. The smallest absolute Gasteiger partial charge is 0.338 e. The van der Waals surface area contributed by atoms with Gasteiger partial charge in [-0.15, -0.1) is 0 Å². The summed E-state index contributed by atoms with van der Waals surface area (Å²) in [4.78, 5) is 24.8. The first-order chi connectivity index (χ1) is 14.4. The molecule has 1 aliphatic heterocycles. The first-order valence-electron chi connectivity index (χ1n) is 11.0. The highest BCUT2D eigenvalue weighted by Crippen LogP contribution is 2.23. The molecular formula is C22H32N2O5S. The van der Waals surface area contributed by atoms with Gasteiger partial charge in [-0.3, -0.25) is 4.79 Å². The summed E-state index contributed by atoms with van der Waals surface area (Å²) in [7, 11) is -3.64. The molecule has 1 heterocycles. The van der Waals surface area contributed by atoms with Crippen LogP contribution < -0.4 is 5.32 Å². The Morgan fingerprint density at radius 2 is 1.67 bits per heavy atom. The largest absolute Gasteiger partial charge is 0.452 e. The van der Waals surface area contributed by atoms with Crippen LogP contribution in [-0.4, -0.2) is 50.3 Å². The van der Waals surface area contributed by atoms with Crippen molar-refractivity contribution >= 4 is 21.9 Å². The number of aryl methyl sites for hydroxylation is 1. The zero-order chi connectivity index (χ0) is 21.6. The number of amides is 1. The molecule has 8 heteroatoms. The number of hydrogen-bond donors (Lipinski definition) is 1. The van der Waals surface area contributed by atoms with Crippen LogP contribution in [0.2, 0.25) is 0 Å². The standard InChI is InChI=1S/C22H32N2O5S/c1-17-11-12-19(30(27,28)24-13-7-4-8-14-24)15-20(17)22(26)29-16-21(25)23-18-9-5-2-3-6-10-18/h11-12,15,18H,2-10,13-14,16H2,1H3,(H,23,25). The van der Waals surface area contributed by atoms with Gasteiger partial charge in [0.25, 0.3) is 5.91 Å². The molecular weight excluding hydrogens is 404 g/mol. The second kappa shape index (κ2) is 10.4. The van der Waals surface area contributed by atoms with Crippen molar-refractivity contribution in [3.63, 3.8) is 0 Å². The van der Waals surface area contributed by atoms with Crippen molar-refractivity contribution in [3.05, 3.63) is 29.3 Å². The number of nitrogens with zero attached hydrogens (tertiary/aromatic N) is 1. The first-order valence-corrected chi connectivity index (χ1v) is 12.4. The van der Waals surface area contributed by atoms with E-state index in [1.54, 1.807) is 13.0 Å². The van der Waals surface area contributed by atoms with Crippen LogP contribution in [0.5, 0.6) is 0 Å². The second-order valence-electron chi connectivity index (χ2n) is 8.27. The third-order valence-corrected chi connectivity index (χ3v) is 7.83. The molecule has 0 radical (unpaired) electrons. The SMILES string of the molecule is Cc1ccc(S(=O)(=O)N2CCCCC2)cc1C(=O)OCC(=O)NC1CCCCCC1. The molecule has 0 unspecified atom stereocenters. The molecule has 0 bridgehead atoms. The number of esters is 1. The summed E-state index contributed by atoms with van der Waals surface area (Å²) in [6.45, 7) is 2.35. The van der Waals surface area contributed by atoms with Crippen LogP contribution >= 0.6 is 0 Å². The molecule has 0 atom stereocenters. The topological polar surface area (TPSA) is 92.8 Å². The lowest BCUT2D eigenvalue weighted by Crippen LogP contribution is -2.37. The minimum Gasteiger partial charge on any atom is -0.452 e. The Morgan fingerprint density at radius 1 is 1.03 bits per heavy atom. The molecule has 2 aliphatic rings. The molecule has 1 saturated heterocycles. The minimum atomic E-state index is -3.64. The van der Waals surface area contributed by atoms with E-state index in [4.69, 9.17) is 4.74 Å². The normalized spacial score (nSPS) is 19.1. The third kappa shape index (κ3) is 5.82. The van der Waals surface area contributed by atoms with E-state index in [1.807, 2.05) is 0 Å². The Hall–Kier alpha value is -1.93. The van der Waals surface area contributed by atoms with Crippen molar-refractivity contribution in [1.29, 1.82) is 0 Å². The summed E-state index contributed by atoms with van der Waals surface area (Å²) in [5.41, 5.74) is 0.789. The number of nitrogens with one attached hydrogen (secondary N) is 1. The lowest BCUT2D eigenvalue weighted by Gasteiger charge is -2.26. The highest BCUT2D eigenvalue weighted by molar-refractivity contribution is 7.89. The number of ether oxygens (including phenoxy) is 1. The van der Waals surface area contributed by atoms with E-state index in [1.165, 1.54) is 29.3 Å². The predicted octanol–water partition coefficient (Wildman–Crippen LogP) is 3.17. The van der Waals surface area contributed by atoms with Crippen LogP contribution in [0.1, 0.15) is 73.7 Å². The van der Waals surface area contributed by atoms with Gasteiger partial charge in [-0.05, 0) is 50.3 Å². The van der Waals surface area contributed by atoms with Crippen molar-refractivity contribution in [2.24, 2.45) is 0 Å². The van der Waals surface area contributed by atoms with Crippen LogP contribution in [0.15, 0.2) is 23.1 Å². The molecule has 3 rings (SSSR count). The lowest BCUT2D eigenvalue weighted by molar-refractivity contribution is -0.125. The quantitative estimate of drug-likeness (QED) is 0.546. The summed E-state index contributed by atoms with van der Waals surface area (Å²) < 4.78 is 32.5. The van der Waals surface area contributed by atoms with Crippen LogP contribution in [0.4, 0.5) is 0 Å². The summed E-state index contributed by atoms with van der Waals surface area (Å²) in [6, 6.07) is 4.64. The molecule has 1 aliphatic carbocycles. The predicted molar refractivity (Wildman–Crippen MR) is 114 cm³/mol. The van der Waals surface area contributed by atoms with Crippen LogP contribution in [0.25, 0.3) is 0 Å². The van der Waals surface area contributed by atoms with Crippen molar-refractivity contribution < 1.29 is 22.7 Å². The number of sulfonamides is 1. The summed E-state index contributed by atoms with van der Waals surface area (Å²) in [5, 5.41) is 2.94. The Labute approximate surface area is 179 Å². The maximum atomic E-state index is 12.9. The molecule has 30 heavy (non-hydrogen) atoms. The fraction of sp³-hybridized carbons (Fsp3) is 0.636. The number of benzene rings is 1. The van der Waals surface area contributed by atoms with Gasteiger partial charge in [0.2, 0.25) is 10.0 Å². The molecule has 0 spiro atoms. The number of carbonyl (C=O) groups excluding carboxylic acids is 2. The lowest BCUT2D eigenvalue weighted by atomic mass is 10.1. The average Bonchev–Trinajstić information content (AvgIpc) is 3.01. The van der Waals surface area contributed by atoms with Gasteiger partial charge in [-0.25, -0.2) is 13.2 Å². The first kappa shape index (κ1) is 22.7. The number of rotatable bonds is 6. The average molecular weight is 437 g/mol. The van der Waals surface area contributed by atoms with Crippen LogP contribution in [0.3, 0.4) is 0 Å². The fourth-order valence-electron chi connectivity index (χ4n) is 4.14. The molecule has 7 nitrogen and oxygen atoms in total. The Kier molecular flexibility index (Phi) is 7.88. The van der Waals surface area contributed by atoms with Gasteiger partial charge in [0.15, 0.2) is 6.61 Å². The molecule has 1 N–H and O–H groups in total. The number of hydrogen-bond acceptors (Lipinski definition) is 5. The highest BCUT2D eigenvalue weighted by Gasteiger charge is 2.27. The van der Waals surface area contributed by atoms with Gasteiger partial charge in [0.1, 0.15) is 0 Å². The summed E-state index contributed by atoms with van der Waals surface area (Å²) in [6.07, 6.45) is 9.20. The zero-order valence-corrected chi connectivity index (χ0v) is 18.5. The Balaban J connectivity index is 1.62. The highest BCUT2D eigenvalue weighted by atomic mass is 32.2. The zero-order valence-electron chi connectivity index (χ0n) is 17.7. The van der Waals surface area contributed by atoms with Gasteiger partial charge in [-0.2, -0.15) is 4.31 Å². The number of carbonyl (C=O) groups is 2. The molecule has 2 fully saturated rings. The fourth-order valence-corrected chi connectivity index (χ4v) is 5.68. The molecule has 1 aromatic carbocycles. The third-order valence-electron chi connectivity index (χ3n) is 5.94. The molecule has 1 aromatic rings. The van der Waals surface area contributed by atoms with Gasteiger partial charge in [0.05, 0.1) is 10.5 Å². The maximum absolute atomic E-state index is 12.9. The Bertz CT molecular complexity index is 854. The van der Waals surface area contributed by atoms with E-state index in [0.29, 0.717) is 18.7 Å². The van der Waals surface area contributed by atoms with E-state index in [2.05, 4.69) is 5.32 Å². The van der Waals surface area contributed by atoms with E-state index < -0.39 is 16.0 Å².